The van der Waals surface area contributed by atoms with Crippen LogP contribution in [0.3, 0.4) is 0 Å². The first-order chi connectivity index (χ1) is 3.31. The highest BCUT2D eigenvalue weighted by molar-refractivity contribution is 4.75. The van der Waals surface area contributed by atoms with Crippen molar-refractivity contribution in [2.24, 2.45) is 5.73 Å². The van der Waals surface area contributed by atoms with E-state index in [9.17, 15) is 0 Å². The second kappa shape index (κ2) is 4.09. The molecule has 0 aromatic rings. The highest BCUT2D eigenvalue weighted by Crippen LogP contribution is 2.13. The molecule has 1 aliphatic carbocycles. The van der Waals surface area contributed by atoms with E-state index in [0.29, 0.717) is 6.04 Å². The van der Waals surface area contributed by atoms with E-state index in [2.05, 4.69) is 0 Å². The molecule has 2 heteroatoms. The van der Waals surface area contributed by atoms with Crippen LogP contribution in [0.25, 0.3) is 0 Å². The Morgan fingerprint density at radius 3 is 1.86 bits per heavy atom. The number of aliphatic hydroxyl groups excluding tert-OH is 1. The van der Waals surface area contributed by atoms with Gasteiger partial charge in [0.1, 0.15) is 0 Å². The summed E-state index contributed by atoms with van der Waals surface area (Å²) in [5.74, 6) is 0. The number of hydrogen-bond acceptors (Lipinski definition) is 2. The van der Waals surface area contributed by atoms with Gasteiger partial charge in [-0.3, -0.25) is 0 Å². The molecule has 0 heterocycles. The molecule has 0 atom stereocenters. The van der Waals surface area contributed by atoms with Gasteiger partial charge in [-0.25, -0.2) is 0 Å². The van der Waals surface area contributed by atoms with E-state index in [1.807, 2.05) is 0 Å². The first-order valence-corrected chi connectivity index (χ1v) is 2.67. The molecule has 7 heavy (non-hydrogen) atoms. The van der Waals surface area contributed by atoms with Gasteiger partial charge in [0.2, 0.25) is 0 Å². The normalized spacial score (nSPS) is 17.6. The monoisotopic (exact) mass is 103 g/mol. The largest absolute Gasteiger partial charge is 0.397 e. The Balaban J connectivity index is 0.000000110. The van der Waals surface area contributed by atoms with Crippen molar-refractivity contribution in [1.29, 1.82) is 0 Å². The van der Waals surface area contributed by atoms with Crippen LogP contribution in [0.5, 0.6) is 0 Å². The van der Waals surface area contributed by atoms with Gasteiger partial charge in [0, 0.05) is 12.6 Å². The van der Waals surface area contributed by atoms with Crippen molar-refractivity contribution < 1.29 is 5.11 Å². The minimum Gasteiger partial charge on any atom is -0.397 e. The average Bonchev–Trinajstić information content (AvgIpc) is 2.25. The lowest BCUT2D eigenvalue weighted by Crippen LogP contribution is -1.94. The first-order valence-electron chi connectivity index (χ1n) is 2.67. The third-order valence-corrected chi connectivity index (χ3v) is 0.622. The Labute approximate surface area is 44.3 Å². The highest BCUT2D eigenvalue weighted by atomic mass is 16.2. The zero-order valence-electron chi connectivity index (χ0n) is 4.72. The van der Waals surface area contributed by atoms with Crippen LogP contribution >= 0.6 is 0 Å². The molecule has 0 spiro atoms. The van der Waals surface area contributed by atoms with Gasteiger partial charge < -0.3 is 10.8 Å². The highest BCUT2D eigenvalue weighted by Gasteiger charge is 2.13. The smallest absolute Gasteiger partial charge is 0.0402 e. The molecular formula is C5H13NO. The van der Waals surface area contributed by atoms with Gasteiger partial charge in [-0.15, -0.1) is 0 Å². The molecule has 0 bridgehead atoms. The van der Waals surface area contributed by atoms with E-state index < -0.39 is 0 Å². The molecule has 0 amide bonds. The summed E-state index contributed by atoms with van der Waals surface area (Å²) in [6.45, 7) is 1.93. The minimum absolute atomic E-state index is 0.250. The van der Waals surface area contributed by atoms with E-state index in [1.165, 1.54) is 12.8 Å². The van der Waals surface area contributed by atoms with Crippen molar-refractivity contribution in [3.8, 4) is 0 Å². The molecule has 0 unspecified atom stereocenters. The maximum atomic E-state index is 7.57. The Morgan fingerprint density at radius 1 is 1.71 bits per heavy atom. The Hall–Kier alpha value is -0.0800. The quantitative estimate of drug-likeness (QED) is 0.457. The molecule has 0 aliphatic heterocycles. The Morgan fingerprint density at radius 2 is 1.86 bits per heavy atom. The second-order valence-electron chi connectivity index (χ2n) is 1.65. The third-order valence-electron chi connectivity index (χ3n) is 0.622. The zero-order chi connectivity index (χ0) is 5.70. The van der Waals surface area contributed by atoms with Crippen LogP contribution in [-0.2, 0) is 0 Å². The summed E-state index contributed by atoms with van der Waals surface area (Å²) in [6, 6.07) is 0.583. The molecule has 0 saturated heterocycles. The Kier molecular flexibility index (Phi) is 4.04. The van der Waals surface area contributed by atoms with Crippen molar-refractivity contribution >= 4 is 0 Å². The summed E-state index contributed by atoms with van der Waals surface area (Å²) >= 11 is 0. The summed E-state index contributed by atoms with van der Waals surface area (Å²) in [7, 11) is 0. The lowest BCUT2D eigenvalue weighted by atomic mass is 10.8. The maximum Gasteiger partial charge on any atom is 0.0402 e. The fraction of sp³-hybridized carbons (Fsp3) is 1.00. The standard InChI is InChI=1S/C3H7N.C2H6O/c4-3-1-2-3;1-2-3/h3H,1-2,4H2;3H,2H2,1H3. The number of rotatable bonds is 0. The first kappa shape index (κ1) is 6.92. The van der Waals surface area contributed by atoms with Gasteiger partial charge in [0.05, 0.1) is 0 Å². The molecular weight excluding hydrogens is 90.1 g/mol. The molecule has 44 valence electrons. The molecule has 1 rings (SSSR count). The predicted molar refractivity (Wildman–Crippen MR) is 30.0 cm³/mol. The molecule has 0 radical (unpaired) electrons. The van der Waals surface area contributed by atoms with E-state index in [4.69, 9.17) is 10.8 Å². The van der Waals surface area contributed by atoms with Crippen LogP contribution in [0.1, 0.15) is 19.8 Å². The van der Waals surface area contributed by atoms with Gasteiger partial charge in [-0.2, -0.15) is 0 Å². The molecule has 0 aromatic carbocycles. The summed E-state index contributed by atoms with van der Waals surface area (Å²) in [5, 5.41) is 7.57. The Bertz CT molecular complexity index is 35.1. The van der Waals surface area contributed by atoms with Crippen LogP contribution in [0, 0.1) is 0 Å². The van der Waals surface area contributed by atoms with Crippen LogP contribution in [0.4, 0.5) is 0 Å². The molecule has 3 N–H and O–H groups in total. The van der Waals surface area contributed by atoms with Crippen LogP contribution < -0.4 is 5.73 Å². The summed E-state index contributed by atoms with van der Waals surface area (Å²) in [4.78, 5) is 0. The lowest BCUT2D eigenvalue weighted by molar-refractivity contribution is 0.318. The summed E-state index contributed by atoms with van der Waals surface area (Å²) in [6.07, 6.45) is 2.53. The number of aliphatic hydroxyl groups is 1. The van der Waals surface area contributed by atoms with Crippen molar-refractivity contribution in [2.45, 2.75) is 25.8 Å². The fourth-order valence-corrected chi connectivity index (χ4v) is 0.0962. The molecule has 1 aliphatic rings. The van der Waals surface area contributed by atoms with Crippen molar-refractivity contribution in [3.63, 3.8) is 0 Å². The molecule has 1 fully saturated rings. The molecule has 0 aromatic heterocycles. The summed E-state index contributed by atoms with van der Waals surface area (Å²) < 4.78 is 0. The maximum absolute atomic E-state index is 7.57. The van der Waals surface area contributed by atoms with E-state index in [-0.39, 0.29) is 6.61 Å². The second-order valence-corrected chi connectivity index (χ2v) is 1.65. The van der Waals surface area contributed by atoms with E-state index in [0.717, 1.165) is 0 Å². The van der Waals surface area contributed by atoms with Gasteiger partial charge in [-0.05, 0) is 19.8 Å². The summed E-state index contributed by atoms with van der Waals surface area (Å²) in [5.41, 5.74) is 5.22. The zero-order valence-corrected chi connectivity index (χ0v) is 4.72. The van der Waals surface area contributed by atoms with Crippen LogP contribution in [-0.4, -0.2) is 17.8 Å². The van der Waals surface area contributed by atoms with Crippen molar-refractivity contribution in [1.82, 2.24) is 0 Å². The predicted octanol–water partition coefficient (Wildman–Crippen LogP) is 0.106. The van der Waals surface area contributed by atoms with Gasteiger partial charge >= 0.3 is 0 Å². The fourth-order valence-electron chi connectivity index (χ4n) is 0.0962. The topological polar surface area (TPSA) is 46.2 Å². The third kappa shape index (κ3) is 10.7. The number of nitrogens with two attached hydrogens (primary N) is 1. The molecule has 2 nitrogen and oxygen atoms in total. The van der Waals surface area contributed by atoms with Crippen molar-refractivity contribution in [3.05, 3.63) is 0 Å². The van der Waals surface area contributed by atoms with Crippen LogP contribution in [0.15, 0.2) is 0 Å². The SMILES string of the molecule is CCO.NC1CC1. The van der Waals surface area contributed by atoms with Crippen LogP contribution in [0.2, 0.25) is 0 Å². The average molecular weight is 103 g/mol. The minimum atomic E-state index is 0.250. The number of hydrogen-bond donors (Lipinski definition) is 2. The lowest BCUT2D eigenvalue weighted by Gasteiger charge is -1.58. The van der Waals surface area contributed by atoms with E-state index >= 15 is 0 Å². The van der Waals surface area contributed by atoms with E-state index in [1.54, 1.807) is 6.92 Å². The van der Waals surface area contributed by atoms with Gasteiger partial charge in [-0.1, -0.05) is 0 Å². The van der Waals surface area contributed by atoms with Gasteiger partial charge in [0.15, 0.2) is 0 Å². The van der Waals surface area contributed by atoms with Crippen molar-refractivity contribution in [2.75, 3.05) is 6.61 Å². The molecule has 1 saturated carbocycles. The van der Waals surface area contributed by atoms with Gasteiger partial charge in [0.25, 0.3) is 0 Å².